The van der Waals surface area contributed by atoms with Crippen molar-refractivity contribution in [2.45, 2.75) is 42.2 Å². The number of nitrogens with one attached hydrogen (secondary N) is 1. The maximum absolute atomic E-state index is 12.5. The van der Waals surface area contributed by atoms with Gasteiger partial charge in [0.25, 0.3) is 11.2 Å². The number of aromatic nitrogens is 2. The first kappa shape index (κ1) is 17.7. The van der Waals surface area contributed by atoms with E-state index in [1.165, 1.54) is 31.4 Å². The Kier molecular flexibility index (Phi) is 4.94. The molecule has 0 spiro atoms. The molecule has 0 radical (unpaired) electrons. The van der Waals surface area contributed by atoms with E-state index in [9.17, 15) is 14.9 Å². The van der Waals surface area contributed by atoms with Crippen molar-refractivity contribution in [3.05, 3.63) is 62.9 Å². The normalized spacial score (nSPS) is 15.1. The first-order valence-corrected chi connectivity index (χ1v) is 9.94. The Morgan fingerprint density at radius 2 is 1.89 bits per heavy atom. The van der Waals surface area contributed by atoms with Crippen LogP contribution in [0.25, 0.3) is 22.3 Å². The third-order valence-corrected chi connectivity index (χ3v) is 6.30. The number of fused-ring (bicyclic) bond motifs is 1. The monoisotopic (exact) mass is 381 g/mol. The minimum atomic E-state index is -0.419. The molecule has 4 rings (SSSR count). The highest BCUT2D eigenvalue weighted by atomic mass is 32.2. The van der Waals surface area contributed by atoms with E-state index in [1.807, 2.05) is 6.07 Å². The highest BCUT2D eigenvalue weighted by Gasteiger charge is 2.20. The lowest BCUT2D eigenvalue weighted by molar-refractivity contribution is -0.384. The molecule has 7 heteroatoms. The van der Waals surface area contributed by atoms with Gasteiger partial charge in [-0.15, -0.1) is 11.8 Å². The van der Waals surface area contributed by atoms with Crippen molar-refractivity contribution in [2.24, 2.45) is 0 Å². The Labute approximate surface area is 160 Å². The number of hydrogen-bond acceptors (Lipinski definition) is 5. The van der Waals surface area contributed by atoms with Gasteiger partial charge < -0.3 is 4.98 Å². The average molecular weight is 381 g/mol. The van der Waals surface area contributed by atoms with E-state index in [2.05, 4.69) is 9.97 Å². The van der Waals surface area contributed by atoms with Gasteiger partial charge in [-0.25, -0.2) is 4.98 Å². The highest BCUT2D eigenvalue weighted by molar-refractivity contribution is 8.00. The quantitative estimate of drug-likeness (QED) is 0.512. The lowest BCUT2D eigenvalue weighted by Crippen LogP contribution is -2.11. The second kappa shape index (κ2) is 7.52. The van der Waals surface area contributed by atoms with Gasteiger partial charge >= 0.3 is 0 Å². The fraction of sp³-hybridized carbons (Fsp3) is 0.300. The zero-order chi connectivity index (χ0) is 18.8. The van der Waals surface area contributed by atoms with Crippen LogP contribution in [0.3, 0.4) is 0 Å². The summed E-state index contributed by atoms with van der Waals surface area (Å²) >= 11 is 1.73. The molecular weight excluding hydrogens is 362 g/mol. The van der Waals surface area contributed by atoms with Crippen LogP contribution in [0.2, 0.25) is 0 Å². The maximum Gasteiger partial charge on any atom is 0.270 e. The molecule has 1 fully saturated rings. The minimum absolute atomic E-state index is 0.00574. The molecular formula is C20H19N3O3S. The fourth-order valence-corrected chi connectivity index (χ4v) is 4.85. The van der Waals surface area contributed by atoms with Gasteiger partial charge in [0.1, 0.15) is 5.82 Å². The number of H-pyrrole nitrogens is 1. The summed E-state index contributed by atoms with van der Waals surface area (Å²) in [5.74, 6) is 0.376. The number of hydrogen-bond donors (Lipinski definition) is 1. The molecule has 2 aromatic carbocycles. The number of nitro benzene ring substituents is 1. The van der Waals surface area contributed by atoms with Gasteiger partial charge in [-0.2, -0.15) is 0 Å². The Morgan fingerprint density at radius 1 is 1.11 bits per heavy atom. The zero-order valence-corrected chi connectivity index (χ0v) is 15.5. The summed E-state index contributed by atoms with van der Waals surface area (Å²) in [6.45, 7) is 0. The molecule has 3 aromatic rings. The number of non-ortho nitro benzene ring substituents is 1. The van der Waals surface area contributed by atoms with E-state index >= 15 is 0 Å². The number of rotatable bonds is 4. The van der Waals surface area contributed by atoms with Crippen LogP contribution in [0.5, 0.6) is 0 Å². The van der Waals surface area contributed by atoms with E-state index in [1.54, 1.807) is 36.0 Å². The number of para-hydroxylation sites is 1. The van der Waals surface area contributed by atoms with Gasteiger partial charge in [-0.05, 0) is 31.0 Å². The molecule has 1 aliphatic rings. The SMILES string of the molecule is O=c1[nH]c(-c2cc([N+](=O)[O-])ccc2SC2CCCCC2)nc2ccccc12. The molecule has 138 valence electrons. The van der Waals surface area contributed by atoms with Crippen LogP contribution < -0.4 is 5.56 Å². The van der Waals surface area contributed by atoms with Crippen molar-refractivity contribution in [2.75, 3.05) is 0 Å². The summed E-state index contributed by atoms with van der Waals surface area (Å²) in [7, 11) is 0. The van der Waals surface area contributed by atoms with E-state index in [-0.39, 0.29) is 11.2 Å². The Hall–Kier alpha value is -2.67. The van der Waals surface area contributed by atoms with Crippen LogP contribution in [0.4, 0.5) is 5.69 Å². The highest BCUT2D eigenvalue weighted by Crippen LogP contribution is 2.39. The van der Waals surface area contributed by atoms with Crippen molar-refractivity contribution in [3.8, 4) is 11.4 Å². The number of thioether (sulfide) groups is 1. The van der Waals surface area contributed by atoms with Crippen molar-refractivity contribution < 1.29 is 4.92 Å². The van der Waals surface area contributed by atoms with Gasteiger partial charge in [0.2, 0.25) is 0 Å². The summed E-state index contributed by atoms with van der Waals surface area (Å²) in [5, 5.41) is 12.3. The van der Waals surface area contributed by atoms with Gasteiger partial charge in [-0.1, -0.05) is 31.4 Å². The molecule has 0 atom stereocenters. The second-order valence-corrected chi connectivity index (χ2v) is 8.09. The van der Waals surface area contributed by atoms with Crippen molar-refractivity contribution >= 4 is 28.4 Å². The predicted octanol–water partition coefficient (Wildman–Crippen LogP) is 4.92. The van der Waals surface area contributed by atoms with Crippen LogP contribution in [0.1, 0.15) is 32.1 Å². The Balaban J connectivity index is 1.82. The largest absolute Gasteiger partial charge is 0.306 e. The number of nitro groups is 1. The minimum Gasteiger partial charge on any atom is -0.306 e. The van der Waals surface area contributed by atoms with E-state index in [0.717, 1.165) is 17.7 Å². The summed E-state index contributed by atoms with van der Waals surface area (Å²) < 4.78 is 0. The summed E-state index contributed by atoms with van der Waals surface area (Å²) in [4.78, 5) is 31.6. The molecule has 1 heterocycles. The van der Waals surface area contributed by atoms with Crippen molar-refractivity contribution in [3.63, 3.8) is 0 Å². The maximum atomic E-state index is 12.5. The third kappa shape index (κ3) is 3.73. The van der Waals surface area contributed by atoms with E-state index in [4.69, 9.17) is 0 Å². The number of nitrogens with zero attached hydrogens (tertiary/aromatic N) is 2. The molecule has 0 unspecified atom stereocenters. The lowest BCUT2D eigenvalue weighted by Gasteiger charge is -2.22. The van der Waals surface area contributed by atoms with Gasteiger partial charge in [-0.3, -0.25) is 14.9 Å². The molecule has 0 amide bonds. The van der Waals surface area contributed by atoms with Crippen LogP contribution in [0, 0.1) is 10.1 Å². The Morgan fingerprint density at radius 3 is 2.67 bits per heavy atom. The predicted molar refractivity (Wildman–Crippen MR) is 107 cm³/mol. The third-order valence-electron chi connectivity index (χ3n) is 4.89. The zero-order valence-electron chi connectivity index (χ0n) is 14.7. The topological polar surface area (TPSA) is 88.9 Å². The molecule has 1 aliphatic carbocycles. The molecule has 0 saturated heterocycles. The first-order valence-electron chi connectivity index (χ1n) is 9.06. The van der Waals surface area contributed by atoms with Crippen LogP contribution in [0.15, 0.2) is 52.2 Å². The van der Waals surface area contributed by atoms with Crippen LogP contribution in [-0.4, -0.2) is 20.1 Å². The molecule has 6 nitrogen and oxygen atoms in total. The molecule has 1 saturated carbocycles. The molecule has 0 bridgehead atoms. The molecule has 27 heavy (non-hydrogen) atoms. The van der Waals surface area contributed by atoms with E-state index in [0.29, 0.717) is 27.5 Å². The van der Waals surface area contributed by atoms with E-state index < -0.39 is 4.92 Å². The number of benzene rings is 2. The smallest absolute Gasteiger partial charge is 0.270 e. The molecule has 1 N–H and O–H groups in total. The second-order valence-electron chi connectivity index (χ2n) is 6.75. The Bertz CT molecular complexity index is 1060. The molecule has 0 aliphatic heterocycles. The van der Waals surface area contributed by atoms with Gasteiger partial charge in [0.15, 0.2) is 0 Å². The fourth-order valence-electron chi connectivity index (χ4n) is 3.50. The lowest BCUT2D eigenvalue weighted by atomic mass is 10.0. The summed E-state index contributed by atoms with van der Waals surface area (Å²) in [5.41, 5.74) is 0.948. The first-order chi connectivity index (χ1) is 13.1. The van der Waals surface area contributed by atoms with Gasteiger partial charge in [0, 0.05) is 27.8 Å². The standard InChI is InChI=1S/C20H19N3O3S/c24-20-15-8-4-5-9-17(15)21-19(22-20)16-12-13(23(25)26)10-11-18(16)27-14-6-2-1-3-7-14/h4-5,8-12,14H,1-3,6-7H2,(H,21,22,24). The molecule has 1 aromatic heterocycles. The van der Waals surface area contributed by atoms with Crippen molar-refractivity contribution in [1.29, 1.82) is 0 Å². The average Bonchev–Trinajstić information content (AvgIpc) is 2.69. The van der Waals surface area contributed by atoms with Crippen LogP contribution in [-0.2, 0) is 0 Å². The van der Waals surface area contributed by atoms with Crippen LogP contribution >= 0.6 is 11.8 Å². The van der Waals surface area contributed by atoms with Gasteiger partial charge in [0.05, 0.1) is 15.8 Å². The van der Waals surface area contributed by atoms with Crippen molar-refractivity contribution in [1.82, 2.24) is 9.97 Å². The summed E-state index contributed by atoms with van der Waals surface area (Å²) in [6, 6.07) is 11.9. The summed E-state index contributed by atoms with van der Waals surface area (Å²) in [6.07, 6.45) is 5.98. The number of aromatic amines is 1.